The minimum Gasteiger partial charge on any atom is -0.0993 e. The highest BCUT2D eigenvalue weighted by atomic mass is 14.7. The second-order valence-electron chi connectivity index (χ2n) is 6.94. The van der Waals surface area contributed by atoms with Crippen LogP contribution < -0.4 is 0 Å². The summed E-state index contributed by atoms with van der Waals surface area (Å²) in [5.74, 6) is 0.925. The standard InChI is InChI=1S/C15H24/c1-11-6-9-14(4)12(2)10-13(3)7-5-8-15(11,13)14/h11H,2,5-10H2,1,3-4H3/t11-,13+,14+,15?/m1/s1. The van der Waals surface area contributed by atoms with E-state index in [4.69, 9.17) is 0 Å². The zero-order valence-corrected chi connectivity index (χ0v) is 10.5. The summed E-state index contributed by atoms with van der Waals surface area (Å²) in [5.41, 5.74) is 3.28. The predicted octanol–water partition coefficient (Wildman–Crippen LogP) is 4.56. The van der Waals surface area contributed by atoms with E-state index in [1.54, 1.807) is 5.57 Å². The zero-order chi connectivity index (χ0) is 10.9. The molecule has 0 aromatic rings. The molecular weight excluding hydrogens is 180 g/mol. The Morgan fingerprint density at radius 1 is 1.20 bits per heavy atom. The van der Waals surface area contributed by atoms with Crippen molar-refractivity contribution in [2.45, 2.75) is 59.3 Å². The van der Waals surface area contributed by atoms with E-state index in [2.05, 4.69) is 27.4 Å². The molecular formula is C15H24. The largest absolute Gasteiger partial charge is 0.0993 e. The molecule has 1 spiro atoms. The van der Waals surface area contributed by atoms with E-state index in [0.29, 0.717) is 16.2 Å². The Balaban J connectivity index is 2.21. The maximum Gasteiger partial charge on any atom is -0.00545 e. The second kappa shape index (κ2) is 2.52. The van der Waals surface area contributed by atoms with Gasteiger partial charge in [-0.2, -0.15) is 0 Å². The maximum absolute atomic E-state index is 4.43. The molecule has 3 fully saturated rings. The van der Waals surface area contributed by atoms with Gasteiger partial charge in [0, 0.05) is 0 Å². The first kappa shape index (κ1) is 9.93. The molecule has 0 nitrogen and oxygen atoms in total. The lowest BCUT2D eigenvalue weighted by atomic mass is 9.57. The number of allylic oxidation sites excluding steroid dienone is 1. The summed E-state index contributed by atoms with van der Waals surface area (Å²) in [5, 5.41) is 0. The Labute approximate surface area is 94.1 Å². The average molecular weight is 204 g/mol. The maximum atomic E-state index is 4.43. The van der Waals surface area contributed by atoms with Crippen LogP contribution in [0.1, 0.15) is 59.3 Å². The quantitative estimate of drug-likeness (QED) is 0.507. The van der Waals surface area contributed by atoms with Crippen LogP contribution in [0.25, 0.3) is 0 Å². The lowest BCUT2D eigenvalue weighted by Gasteiger charge is -2.47. The van der Waals surface area contributed by atoms with Crippen molar-refractivity contribution in [3.63, 3.8) is 0 Å². The first-order chi connectivity index (χ1) is 6.96. The van der Waals surface area contributed by atoms with E-state index in [9.17, 15) is 0 Å². The minimum absolute atomic E-state index is 0.484. The summed E-state index contributed by atoms with van der Waals surface area (Å²) >= 11 is 0. The van der Waals surface area contributed by atoms with Crippen molar-refractivity contribution < 1.29 is 0 Å². The normalized spacial score (nSPS) is 58.3. The van der Waals surface area contributed by atoms with Crippen LogP contribution in [0, 0.1) is 22.2 Å². The van der Waals surface area contributed by atoms with E-state index in [1.165, 1.54) is 38.5 Å². The van der Waals surface area contributed by atoms with Gasteiger partial charge < -0.3 is 0 Å². The van der Waals surface area contributed by atoms with Crippen molar-refractivity contribution in [2.75, 3.05) is 0 Å². The summed E-state index contributed by atoms with van der Waals surface area (Å²) < 4.78 is 0. The molecule has 3 aliphatic carbocycles. The molecule has 4 atom stereocenters. The van der Waals surface area contributed by atoms with E-state index >= 15 is 0 Å². The van der Waals surface area contributed by atoms with Crippen LogP contribution in [0.15, 0.2) is 12.2 Å². The fourth-order valence-electron chi connectivity index (χ4n) is 5.99. The predicted molar refractivity (Wildman–Crippen MR) is 64.7 cm³/mol. The highest BCUT2D eigenvalue weighted by Crippen LogP contribution is 2.79. The van der Waals surface area contributed by atoms with Crippen molar-refractivity contribution >= 4 is 0 Å². The van der Waals surface area contributed by atoms with Crippen LogP contribution in [0.5, 0.6) is 0 Å². The first-order valence-electron chi connectivity index (χ1n) is 6.65. The molecule has 0 aliphatic heterocycles. The summed E-state index contributed by atoms with van der Waals surface area (Å²) in [7, 11) is 0. The number of rotatable bonds is 0. The minimum atomic E-state index is 0.484. The first-order valence-corrected chi connectivity index (χ1v) is 6.65. The number of hydrogen-bond acceptors (Lipinski definition) is 0. The SMILES string of the molecule is C=C1C[C@]2(C)CCCC23[C@H](C)CC[C@@]13C. The van der Waals surface area contributed by atoms with Gasteiger partial charge in [0.15, 0.2) is 0 Å². The van der Waals surface area contributed by atoms with Crippen molar-refractivity contribution in [1.82, 2.24) is 0 Å². The van der Waals surface area contributed by atoms with E-state index in [1.807, 2.05) is 0 Å². The fraction of sp³-hybridized carbons (Fsp3) is 0.867. The van der Waals surface area contributed by atoms with Gasteiger partial charge in [0.1, 0.15) is 0 Å². The smallest absolute Gasteiger partial charge is 0.00545 e. The van der Waals surface area contributed by atoms with Gasteiger partial charge in [-0.3, -0.25) is 0 Å². The van der Waals surface area contributed by atoms with Crippen molar-refractivity contribution in [1.29, 1.82) is 0 Å². The van der Waals surface area contributed by atoms with Gasteiger partial charge in [0.25, 0.3) is 0 Å². The number of hydrogen-bond donors (Lipinski definition) is 0. The summed E-state index contributed by atoms with van der Waals surface area (Å²) in [6.07, 6.45) is 8.54. The topological polar surface area (TPSA) is 0 Å². The summed E-state index contributed by atoms with van der Waals surface area (Å²) in [6, 6.07) is 0. The van der Waals surface area contributed by atoms with E-state index in [-0.39, 0.29) is 0 Å². The van der Waals surface area contributed by atoms with Crippen LogP contribution in [-0.2, 0) is 0 Å². The van der Waals surface area contributed by atoms with Crippen molar-refractivity contribution in [2.24, 2.45) is 22.2 Å². The van der Waals surface area contributed by atoms with Gasteiger partial charge in [-0.1, -0.05) is 39.3 Å². The lowest BCUT2D eigenvalue weighted by Crippen LogP contribution is -2.41. The van der Waals surface area contributed by atoms with Crippen LogP contribution in [0.3, 0.4) is 0 Å². The van der Waals surface area contributed by atoms with Gasteiger partial charge in [0.2, 0.25) is 0 Å². The molecule has 1 unspecified atom stereocenters. The fourth-order valence-corrected chi connectivity index (χ4v) is 5.99. The van der Waals surface area contributed by atoms with Crippen LogP contribution in [0.4, 0.5) is 0 Å². The second-order valence-corrected chi connectivity index (χ2v) is 6.94. The molecule has 0 bridgehead atoms. The van der Waals surface area contributed by atoms with E-state index in [0.717, 1.165) is 5.92 Å². The van der Waals surface area contributed by atoms with Gasteiger partial charge in [-0.25, -0.2) is 0 Å². The Morgan fingerprint density at radius 2 is 1.93 bits per heavy atom. The highest BCUT2D eigenvalue weighted by Gasteiger charge is 2.70. The van der Waals surface area contributed by atoms with Crippen LogP contribution in [0.2, 0.25) is 0 Å². The Kier molecular flexibility index (Phi) is 1.67. The van der Waals surface area contributed by atoms with Crippen molar-refractivity contribution in [3.05, 3.63) is 12.2 Å². The Bertz CT molecular complexity index is 329. The Morgan fingerprint density at radius 3 is 2.67 bits per heavy atom. The molecule has 84 valence electrons. The molecule has 15 heavy (non-hydrogen) atoms. The molecule has 0 N–H and O–H groups in total. The van der Waals surface area contributed by atoms with Gasteiger partial charge >= 0.3 is 0 Å². The van der Waals surface area contributed by atoms with Gasteiger partial charge in [0.05, 0.1) is 0 Å². The molecule has 0 aromatic heterocycles. The monoisotopic (exact) mass is 204 g/mol. The molecule has 0 amide bonds. The average Bonchev–Trinajstić information content (AvgIpc) is 2.67. The third kappa shape index (κ3) is 0.797. The lowest BCUT2D eigenvalue weighted by molar-refractivity contribution is 0.0171. The molecule has 0 heterocycles. The van der Waals surface area contributed by atoms with Crippen molar-refractivity contribution in [3.8, 4) is 0 Å². The van der Waals surface area contributed by atoms with E-state index < -0.39 is 0 Å². The molecule has 0 radical (unpaired) electrons. The zero-order valence-electron chi connectivity index (χ0n) is 10.5. The molecule has 0 saturated heterocycles. The highest BCUT2D eigenvalue weighted by molar-refractivity contribution is 5.33. The van der Waals surface area contributed by atoms with Crippen LogP contribution in [-0.4, -0.2) is 0 Å². The molecule has 0 heteroatoms. The summed E-state index contributed by atoms with van der Waals surface area (Å²) in [6.45, 7) is 12.0. The third-order valence-electron chi connectivity index (χ3n) is 6.66. The molecule has 0 aromatic carbocycles. The summed E-state index contributed by atoms with van der Waals surface area (Å²) in [4.78, 5) is 0. The van der Waals surface area contributed by atoms with Gasteiger partial charge in [-0.15, -0.1) is 0 Å². The molecule has 3 rings (SSSR count). The molecule has 3 aliphatic rings. The molecule has 3 saturated carbocycles. The third-order valence-corrected chi connectivity index (χ3v) is 6.66. The Hall–Kier alpha value is -0.260. The van der Waals surface area contributed by atoms with Gasteiger partial charge in [-0.05, 0) is 54.3 Å². The van der Waals surface area contributed by atoms with Crippen LogP contribution >= 0.6 is 0 Å².